The molecule has 4 heteroatoms. The van der Waals surface area contributed by atoms with Crippen LogP contribution in [-0.4, -0.2) is 28.1 Å². The van der Waals surface area contributed by atoms with Crippen LogP contribution in [0, 0.1) is 0 Å². The van der Waals surface area contributed by atoms with E-state index in [4.69, 9.17) is 0 Å². The predicted molar refractivity (Wildman–Crippen MR) is 65.4 cm³/mol. The van der Waals surface area contributed by atoms with Gasteiger partial charge in [0, 0.05) is 24.1 Å². The summed E-state index contributed by atoms with van der Waals surface area (Å²) in [7, 11) is 0. The normalized spacial score (nSPS) is 21.7. The summed E-state index contributed by atoms with van der Waals surface area (Å²) in [5.74, 6) is 1.03. The van der Waals surface area contributed by atoms with E-state index in [1.54, 1.807) is 6.20 Å². The van der Waals surface area contributed by atoms with Gasteiger partial charge in [0.2, 0.25) is 0 Å². The van der Waals surface area contributed by atoms with Gasteiger partial charge in [0.05, 0.1) is 0 Å². The first kappa shape index (κ1) is 10.9. The molecule has 1 aromatic heterocycles. The largest absolute Gasteiger partial charge is 0.352 e. The van der Waals surface area contributed by atoms with E-state index < -0.39 is 0 Å². The Kier molecular flexibility index (Phi) is 3.94. The lowest BCUT2D eigenvalue weighted by Gasteiger charge is -2.36. The number of alkyl halides is 1. The third kappa shape index (κ3) is 2.68. The number of anilines is 1. The Bertz CT molecular complexity index is 289. The van der Waals surface area contributed by atoms with Gasteiger partial charge in [0.1, 0.15) is 0 Å². The zero-order valence-corrected chi connectivity index (χ0v) is 10.4. The van der Waals surface area contributed by atoms with Gasteiger partial charge in [-0.2, -0.15) is 5.10 Å². The van der Waals surface area contributed by atoms with Gasteiger partial charge in [-0.25, -0.2) is 0 Å². The minimum absolute atomic E-state index is 0.634. The maximum absolute atomic E-state index is 4.20. The SMILES string of the molecule is BrCCC1CCCCN1c1cccnn1. The van der Waals surface area contributed by atoms with Crippen LogP contribution in [0.2, 0.25) is 0 Å². The minimum Gasteiger partial charge on any atom is -0.352 e. The molecule has 1 aliphatic rings. The summed E-state index contributed by atoms with van der Waals surface area (Å²) in [5.41, 5.74) is 0. The van der Waals surface area contributed by atoms with Crippen molar-refractivity contribution >= 4 is 21.7 Å². The van der Waals surface area contributed by atoms with Crippen LogP contribution >= 0.6 is 15.9 Å². The van der Waals surface area contributed by atoms with Gasteiger partial charge in [0.25, 0.3) is 0 Å². The molecule has 0 amide bonds. The van der Waals surface area contributed by atoms with Crippen molar-refractivity contribution in [1.29, 1.82) is 0 Å². The summed E-state index contributed by atoms with van der Waals surface area (Å²) >= 11 is 3.52. The topological polar surface area (TPSA) is 29.0 Å². The molecule has 0 aliphatic carbocycles. The van der Waals surface area contributed by atoms with E-state index in [0.717, 1.165) is 17.7 Å². The van der Waals surface area contributed by atoms with Crippen LogP contribution in [-0.2, 0) is 0 Å². The van der Waals surface area contributed by atoms with E-state index in [1.807, 2.05) is 6.07 Å². The molecule has 1 atom stereocenters. The fourth-order valence-corrected chi connectivity index (χ4v) is 2.70. The minimum atomic E-state index is 0.634. The van der Waals surface area contributed by atoms with E-state index >= 15 is 0 Å². The molecule has 0 aromatic carbocycles. The quantitative estimate of drug-likeness (QED) is 0.790. The van der Waals surface area contributed by atoms with E-state index in [2.05, 4.69) is 37.1 Å². The van der Waals surface area contributed by atoms with Crippen LogP contribution in [0.25, 0.3) is 0 Å². The summed E-state index contributed by atoms with van der Waals surface area (Å²) in [6.45, 7) is 1.12. The summed E-state index contributed by atoms with van der Waals surface area (Å²) in [4.78, 5) is 2.40. The lowest BCUT2D eigenvalue weighted by molar-refractivity contribution is 0.448. The highest BCUT2D eigenvalue weighted by atomic mass is 79.9. The number of nitrogens with zero attached hydrogens (tertiary/aromatic N) is 3. The second-order valence-electron chi connectivity index (χ2n) is 3.90. The highest BCUT2D eigenvalue weighted by Gasteiger charge is 2.22. The highest BCUT2D eigenvalue weighted by molar-refractivity contribution is 9.09. The molecule has 82 valence electrons. The Morgan fingerprint density at radius 2 is 2.40 bits per heavy atom. The number of piperidine rings is 1. The van der Waals surface area contributed by atoms with E-state index in [1.165, 1.54) is 25.7 Å². The van der Waals surface area contributed by atoms with Crippen molar-refractivity contribution in [1.82, 2.24) is 10.2 Å². The fourth-order valence-electron chi connectivity index (χ4n) is 2.17. The second kappa shape index (κ2) is 5.45. The average Bonchev–Trinajstić information content (AvgIpc) is 2.31. The fraction of sp³-hybridized carbons (Fsp3) is 0.636. The van der Waals surface area contributed by atoms with Gasteiger partial charge >= 0.3 is 0 Å². The molecule has 0 bridgehead atoms. The Morgan fingerprint density at radius 1 is 1.47 bits per heavy atom. The lowest BCUT2D eigenvalue weighted by Crippen LogP contribution is -2.40. The van der Waals surface area contributed by atoms with Crippen molar-refractivity contribution in [3.05, 3.63) is 18.3 Å². The van der Waals surface area contributed by atoms with Crippen molar-refractivity contribution in [2.24, 2.45) is 0 Å². The monoisotopic (exact) mass is 269 g/mol. The van der Waals surface area contributed by atoms with Crippen molar-refractivity contribution in [2.75, 3.05) is 16.8 Å². The molecule has 2 rings (SSSR count). The van der Waals surface area contributed by atoms with E-state index in [0.29, 0.717) is 6.04 Å². The number of halogens is 1. The standard InChI is InChI=1S/C11H16BrN3/c12-7-6-10-4-1-2-9-15(10)11-5-3-8-13-14-11/h3,5,8,10H,1-2,4,6-7,9H2. The molecular weight excluding hydrogens is 254 g/mol. The van der Waals surface area contributed by atoms with Crippen molar-refractivity contribution < 1.29 is 0 Å². The highest BCUT2D eigenvalue weighted by Crippen LogP contribution is 2.24. The van der Waals surface area contributed by atoms with Crippen molar-refractivity contribution in [3.8, 4) is 0 Å². The third-order valence-electron chi connectivity index (χ3n) is 2.92. The molecule has 0 N–H and O–H groups in total. The molecule has 1 fully saturated rings. The number of rotatable bonds is 3. The van der Waals surface area contributed by atoms with Crippen molar-refractivity contribution in [2.45, 2.75) is 31.7 Å². The first-order chi connectivity index (χ1) is 7.42. The van der Waals surface area contributed by atoms with Crippen LogP contribution in [0.1, 0.15) is 25.7 Å². The first-order valence-corrected chi connectivity index (χ1v) is 6.64. The second-order valence-corrected chi connectivity index (χ2v) is 4.70. The Hall–Kier alpha value is -0.640. The number of hydrogen-bond acceptors (Lipinski definition) is 3. The summed E-state index contributed by atoms with van der Waals surface area (Å²) < 4.78 is 0. The molecule has 1 aliphatic heterocycles. The number of aromatic nitrogens is 2. The average molecular weight is 270 g/mol. The van der Waals surface area contributed by atoms with Crippen LogP contribution in [0.3, 0.4) is 0 Å². The zero-order chi connectivity index (χ0) is 10.5. The molecular formula is C11H16BrN3. The van der Waals surface area contributed by atoms with Gasteiger partial charge in [-0.1, -0.05) is 15.9 Å². The van der Waals surface area contributed by atoms with E-state index in [-0.39, 0.29) is 0 Å². The van der Waals surface area contributed by atoms with Gasteiger partial charge in [0.15, 0.2) is 5.82 Å². The molecule has 2 heterocycles. The molecule has 1 unspecified atom stereocenters. The lowest BCUT2D eigenvalue weighted by atomic mass is 10.0. The van der Waals surface area contributed by atoms with Gasteiger partial charge in [-0.3, -0.25) is 0 Å². The van der Waals surface area contributed by atoms with Crippen molar-refractivity contribution in [3.63, 3.8) is 0 Å². The van der Waals surface area contributed by atoms with Gasteiger partial charge in [-0.15, -0.1) is 5.10 Å². The van der Waals surface area contributed by atoms with Gasteiger partial charge < -0.3 is 4.90 Å². The third-order valence-corrected chi connectivity index (χ3v) is 3.38. The maximum atomic E-state index is 4.20. The molecule has 1 saturated heterocycles. The molecule has 0 saturated carbocycles. The Balaban J connectivity index is 2.11. The maximum Gasteiger partial charge on any atom is 0.151 e. The summed E-state index contributed by atoms with van der Waals surface area (Å²) in [6, 6.07) is 4.65. The molecule has 1 aromatic rings. The molecule has 0 radical (unpaired) electrons. The Morgan fingerprint density at radius 3 is 3.13 bits per heavy atom. The molecule has 15 heavy (non-hydrogen) atoms. The predicted octanol–water partition coefficient (Wildman–Crippen LogP) is 2.62. The summed E-state index contributed by atoms with van der Waals surface area (Å²) in [5, 5.41) is 9.21. The zero-order valence-electron chi connectivity index (χ0n) is 8.77. The van der Waals surface area contributed by atoms with Crippen LogP contribution in [0.15, 0.2) is 18.3 Å². The summed E-state index contributed by atoms with van der Waals surface area (Å²) in [6.07, 6.45) is 6.81. The number of hydrogen-bond donors (Lipinski definition) is 0. The van der Waals surface area contributed by atoms with E-state index in [9.17, 15) is 0 Å². The van der Waals surface area contributed by atoms with Gasteiger partial charge in [-0.05, 0) is 37.8 Å². The first-order valence-electron chi connectivity index (χ1n) is 5.52. The molecule has 3 nitrogen and oxygen atoms in total. The van der Waals surface area contributed by atoms with Crippen LogP contribution in [0.4, 0.5) is 5.82 Å². The molecule has 0 spiro atoms. The van der Waals surface area contributed by atoms with Crippen LogP contribution < -0.4 is 4.90 Å². The van der Waals surface area contributed by atoms with Crippen LogP contribution in [0.5, 0.6) is 0 Å². The smallest absolute Gasteiger partial charge is 0.151 e. The Labute approximate surface area is 99.0 Å².